The molecule has 1 atom stereocenters. The number of methoxy groups -OCH3 is 1. The topological polar surface area (TPSA) is 59.8 Å². The van der Waals surface area contributed by atoms with E-state index in [0.717, 1.165) is 23.1 Å². The van der Waals surface area contributed by atoms with Crippen molar-refractivity contribution < 1.29 is 13.9 Å². The number of ether oxygens (including phenoxy) is 1. The van der Waals surface area contributed by atoms with E-state index in [2.05, 4.69) is 6.92 Å². The first-order valence-corrected chi connectivity index (χ1v) is 11.6. The molecule has 0 fully saturated rings. The van der Waals surface area contributed by atoms with E-state index >= 15 is 0 Å². The van der Waals surface area contributed by atoms with Crippen LogP contribution in [0.2, 0.25) is 5.02 Å². The molecule has 0 N–H and O–H groups in total. The molecule has 5 rings (SSSR count). The highest BCUT2D eigenvalue weighted by Gasteiger charge is 2.43. The molecule has 4 aromatic rings. The SMILES string of the molecule is CCc1ccc(C2c3c(oc4cc(C)c(C)cc4c3=O)C(=O)N2c2ccc(OC)c(Cl)c2)cc1. The fraction of sp³-hybridized carbons (Fsp3) is 0.214. The molecule has 1 unspecified atom stereocenters. The summed E-state index contributed by atoms with van der Waals surface area (Å²) in [5, 5.41) is 0.846. The van der Waals surface area contributed by atoms with Crippen molar-refractivity contribution in [3.8, 4) is 5.75 Å². The molecule has 1 aliphatic rings. The van der Waals surface area contributed by atoms with Gasteiger partial charge in [0.05, 0.1) is 29.1 Å². The predicted octanol–water partition coefficient (Wildman–Crippen LogP) is 6.38. The minimum absolute atomic E-state index is 0.0669. The molecule has 1 aromatic heterocycles. The largest absolute Gasteiger partial charge is 0.495 e. The zero-order valence-electron chi connectivity index (χ0n) is 19.4. The monoisotopic (exact) mass is 473 g/mol. The smallest absolute Gasteiger partial charge is 0.295 e. The van der Waals surface area contributed by atoms with Crippen LogP contribution in [0.25, 0.3) is 11.0 Å². The van der Waals surface area contributed by atoms with Crippen LogP contribution in [0.15, 0.2) is 63.8 Å². The number of carbonyl (C=O) groups is 1. The second-order valence-electron chi connectivity index (χ2n) is 8.60. The van der Waals surface area contributed by atoms with Crippen LogP contribution < -0.4 is 15.1 Å². The lowest BCUT2D eigenvalue weighted by Gasteiger charge is -2.26. The Labute approximate surface area is 202 Å². The van der Waals surface area contributed by atoms with Gasteiger partial charge in [0.25, 0.3) is 5.91 Å². The summed E-state index contributed by atoms with van der Waals surface area (Å²) in [4.78, 5) is 29.1. The Hall–Kier alpha value is -3.57. The lowest BCUT2D eigenvalue weighted by molar-refractivity contribution is 0.0971. The molecular weight excluding hydrogens is 450 g/mol. The lowest BCUT2D eigenvalue weighted by Crippen LogP contribution is -2.29. The number of fused-ring (bicyclic) bond motifs is 2. The summed E-state index contributed by atoms with van der Waals surface area (Å²) in [6.07, 6.45) is 0.893. The second-order valence-corrected chi connectivity index (χ2v) is 9.01. The summed E-state index contributed by atoms with van der Waals surface area (Å²) in [7, 11) is 1.54. The molecule has 0 bridgehead atoms. The summed E-state index contributed by atoms with van der Waals surface area (Å²) in [5.74, 6) is 0.194. The van der Waals surface area contributed by atoms with Gasteiger partial charge in [0.2, 0.25) is 5.76 Å². The van der Waals surface area contributed by atoms with E-state index in [1.807, 2.05) is 50.2 Å². The standard InChI is InChI=1S/C28H24ClNO4/c1-5-17-6-8-18(9-7-17)25-24-26(31)20-12-15(2)16(3)13-23(20)34-27(24)28(32)30(25)19-10-11-22(33-4)21(29)14-19/h6-14,25H,5H2,1-4H3. The number of nitrogens with zero attached hydrogens (tertiary/aromatic N) is 1. The van der Waals surface area contributed by atoms with Gasteiger partial charge in [-0.1, -0.05) is 42.8 Å². The van der Waals surface area contributed by atoms with Crippen LogP contribution in [0, 0.1) is 13.8 Å². The van der Waals surface area contributed by atoms with Gasteiger partial charge in [0, 0.05) is 5.69 Å². The van der Waals surface area contributed by atoms with Crippen LogP contribution in [0.4, 0.5) is 5.69 Å². The molecule has 0 radical (unpaired) electrons. The Balaban J connectivity index is 1.79. The first kappa shape index (κ1) is 22.2. The van der Waals surface area contributed by atoms with Gasteiger partial charge in [0.1, 0.15) is 11.3 Å². The Morgan fingerprint density at radius 1 is 1.00 bits per heavy atom. The van der Waals surface area contributed by atoms with Gasteiger partial charge in [-0.05, 0) is 72.9 Å². The van der Waals surface area contributed by atoms with Gasteiger partial charge in [-0.2, -0.15) is 0 Å². The van der Waals surface area contributed by atoms with Crippen molar-refractivity contribution >= 4 is 34.2 Å². The Kier molecular flexibility index (Phi) is 5.45. The number of hydrogen-bond donors (Lipinski definition) is 0. The minimum atomic E-state index is -0.639. The Morgan fingerprint density at radius 3 is 2.35 bits per heavy atom. The van der Waals surface area contributed by atoms with Crippen molar-refractivity contribution in [2.75, 3.05) is 12.0 Å². The van der Waals surface area contributed by atoms with Crippen LogP contribution in [0.3, 0.4) is 0 Å². The zero-order valence-corrected chi connectivity index (χ0v) is 20.2. The van der Waals surface area contributed by atoms with Crippen LogP contribution in [-0.4, -0.2) is 13.0 Å². The normalized spacial score (nSPS) is 15.1. The fourth-order valence-corrected chi connectivity index (χ4v) is 4.80. The number of carbonyl (C=O) groups excluding carboxylic acids is 1. The maximum Gasteiger partial charge on any atom is 0.295 e. The number of halogens is 1. The van der Waals surface area contributed by atoms with Crippen LogP contribution >= 0.6 is 11.6 Å². The number of benzene rings is 3. The molecule has 0 saturated heterocycles. The van der Waals surface area contributed by atoms with Crippen molar-refractivity contribution in [1.82, 2.24) is 0 Å². The van der Waals surface area contributed by atoms with Crippen molar-refractivity contribution in [3.63, 3.8) is 0 Å². The first-order valence-electron chi connectivity index (χ1n) is 11.2. The average Bonchev–Trinajstić information content (AvgIpc) is 3.13. The third-order valence-corrected chi connectivity index (χ3v) is 6.90. The molecular formula is C28H24ClNO4. The third-order valence-electron chi connectivity index (χ3n) is 6.60. The van der Waals surface area contributed by atoms with Gasteiger partial charge in [0.15, 0.2) is 5.43 Å². The van der Waals surface area contributed by atoms with Crippen molar-refractivity contribution in [2.45, 2.75) is 33.2 Å². The first-order chi connectivity index (χ1) is 16.3. The maximum absolute atomic E-state index is 13.8. The third kappa shape index (κ3) is 3.39. The number of rotatable bonds is 4. The molecule has 1 amide bonds. The van der Waals surface area contributed by atoms with E-state index in [-0.39, 0.29) is 17.1 Å². The van der Waals surface area contributed by atoms with Gasteiger partial charge in [-0.25, -0.2) is 0 Å². The average molecular weight is 474 g/mol. The van der Waals surface area contributed by atoms with E-state index in [9.17, 15) is 9.59 Å². The molecule has 172 valence electrons. The van der Waals surface area contributed by atoms with Gasteiger partial charge in [-0.15, -0.1) is 0 Å². The van der Waals surface area contributed by atoms with Crippen LogP contribution in [0.1, 0.15) is 51.3 Å². The zero-order chi connectivity index (χ0) is 24.1. The molecule has 0 saturated carbocycles. The molecule has 6 heteroatoms. The number of anilines is 1. The van der Waals surface area contributed by atoms with Gasteiger partial charge >= 0.3 is 0 Å². The summed E-state index contributed by atoms with van der Waals surface area (Å²) in [5.41, 5.74) is 5.10. The molecule has 34 heavy (non-hydrogen) atoms. The molecule has 0 aliphatic carbocycles. The lowest BCUT2D eigenvalue weighted by atomic mass is 9.96. The quantitative estimate of drug-likeness (QED) is 0.345. The van der Waals surface area contributed by atoms with E-state index in [1.165, 1.54) is 12.7 Å². The summed E-state index contributed by atoms with van der Waals surface area (Å²) in [6, 6.07) is 16.1. The van der Waals surface area contributed by atoms with Gasteiger partial charge in [-0.3, -0.25) is 14.5 Å². The summed E-state index contributed by atoms with van der Waals surface area (Å²) in [6.45, 7) is 5.99. The number of hydrogen-bond acceptors (Lipinski definition) is 4. The summed E-state index contributed by atoms with van der Waals surface area (Å²) < 4.78 is 11.4. The van der Waals surface area contributed by atoms with E-state index < -0.39 is 6.04 Å². The van der Waals surface area contributed by atoms with Gasteiger partial charge < -0.3 is 9.15 Å². The van der Waals surface area contributed by atoms with E-state index in [4.69, 9.17) is 20.8 Å². The molecule has 0 spiro atoms. The predicted molar refractivity (Wildman–Crippen MR) is 134 cm³/mol. The van der Waals surface area contributed by atoms with Crippen molar-refractivity contribution in [3.05, 3.63) is 103 Å². The van der Waals surface area contributed by atoms with Crippen LogP contribution in [0.5, 0.6) is 5.75 Å². The molecule has 1 aliphatic heterocycles. The highest BCUT2D eigenvalue weighted by Crippen LogP contribution is 2.43. The Morgan fingerprint density at radius 2 is 1.71 bits per heavy atom. The highest BCUT2D eigenvalue weighted by atomic mass is 35.5. The van der Waals surface area contributed by atoms with Crippen LogP contribution in [-0.2, 0) is 6.42 Å². The minimum Gasteiger partial charge on any atom is -0.495 e. The highest BCUT2D eigenvalue weighted by molar-refractivity contribution is 6.32. The number of aryl methyl sites for hydroxylation is 3. The van der Waals surface area contributed by atoms with Crippen molar-refractivity contribution in [2.24, 2.45) is 0 Å². The number of amides is 1. The molecule has 2 heterocycles. The molecule has 3 aromatic carbocycles. The fourth-order valence-electron chi connectivity index (χ4n) is 4.55. The summed E-state index contributed by atoms with van der Waals surface area (Å²) >= 11 is 6.40. The van der Waals surface area contributed by atoms with E-state index in [0.29, 0.717) is 33.0 Å². The maximum atomic E-state index is 13.8. The van der Waals surface area contributed by atoms with Crippen molar-refractivity contribution in [1.29, 1.82) is 0 Å². The second kappa shape index (κ2) is 8.33. The van der Waals surface area contributed by atoms with E-state index in [1.54, 1.807) is 23.1 Å². The Bertz CT molecular complexity index is 1500. The molecule has 5 nitrogen and oxygen atoms in total.